The summed E-state index contributed by atoms with van der Waals surface area (Å²) in [7, 11) is 0. The molecule has 2 aromatic rings. The first-order chi connectivity index (χ1) is 9.86. The molecule has 0 aliphatic rings. The molecule has 2 rings (SSSR count). The molecule has 0 amide bonds. The van der Waals surface area contributed by atoms with Crippen molar-refractivity contribution in [1.82, 2.24) is 9.88 Å². The van der Waals surface area contributed by atoms with Crippen LogP contribution in [0.3, 0.4) is 0 Å². The third-order valence-electron chi connectivity index (χ3n) is 3.69. The minimum Gasteiger partial charge on any atom is -0.258 e. The van der Waals surface area contributed by atoms with Crippen molar-refractivity contribution >= 4 is 11.4 Å². The molecule has 0 bridgehead atoms. The van der Waals surface area contributed by atoms with Gasteiger partial charge in [-0.15, -0.1) is 0 Å². The average Bonchev–Trinajstić information content (AvgIpc) is 2.53. The van der Waals surface area contributed by atoms with Crippen LogP contribution in [0.2, 0.25) is 0 Å². The number of hydrogen-bond donors (Lipinski definition) is 0. The SMILES string of the molecule is CCCCC(CC)[N+](c1ccccc1)c1cccnc1. The molecule has 0 aliphatic carbocycles. The zero-order chi connectivity index (χ0) is 14.2. The van der Waals surface area contributed by atoms with Gasteiger partial charge >= 0.3 is 0 Å². The fourth-order valence-electron chi connectivity index (χ4n) is 2.61. The second-order valence-corrected chi connectivity index (χ2v) is 5.12. The second kappa shape index (κ2) is 7.81. The second-order valence-electron chi connectivity index (χ2n) is 5.12. The zero-order valence-corrected chi connectivity index (χ0v) is 12.5. The number of para-hydroxylation sites is 1. The minimum atomic E-state index is 0.529. The molecule has 1 heterocycles. The quantitative estimate of drug-likeness (QED) is 0.635. The van der Waals surface area contributed by atoms with Crippen LogP contribution in [0.15, 0.2) is 54.9 Å². The van der Waals surface area contributed by atoms with Crippen molar-refractivity contribution in [2.24, 2.45) is 0 Å². The van der Waals surface area contributed by atoms with Crippen molar-refractivity contribution in [1.29, 1.82) is 0 Å². The summed E-state index contributed by atoms with van der Waals surface area (Å²) in [6.07, 6.45) is 8.66. The summed E-state index contributed by atoms with van der Waals surface area (Å²) in [5, 5.41) is 0. The van der Waals surface area contributed by atoms with E-state index in [1.165, 1.54) is 30.6 Å². The molecule has 2 heteroatoms. The van der Waals surface area contributed by atoms with E-state index in [1.54, 1.807) is 0 Å². The summed E-state index contributed by atoms with van der Waals surface area (Å²) in [6.45, 7) is 4.52. The van der Waals surface area contributed by atoms with Gasteiger partial charge in [0.2, 0.25) is 5.69 Å². The van der Waals surface area contributed by atoms with E-state index in [9.17, 15) is 0 Å². The molecule has 0 aliphatic heterocycles. The van der Waals surface area contributed by atoms with Gasteiger partial charge < -0.3 is 0 Å². The topological polar surface area (TPSA) is 18.8 Å². The molecule has 0 N–H and O–H groups in total. The Labute approximate surface area is 122 Å². The number of hydrogen-bond acceptors (Lipinski definition) is 2. The molecular formula is C18H24N2+. The van der Waals surface area contributed by atoms with E-state index in [4.69, 9.17) is 0 Å². The highest BCUT2D eigenvalue weighted by Gasteiger charge is 2.30. The Morgan fingerprint density at radius 2 is 1.75 bits per heavy atom. The average molecular weight is 268 g/mol. The van der Waals surface area contributed by atoms with Crippen LogP contribution in [0.5, 0.6) is 0 Å². The number of nitrogens with zero attached hydrogens (tertiary/aromatic N) is 2. The number of benzene rings is 1. The number of aromatic nitrogens is 1. The molecule has 1 aromatic carbocycles. The Hall–Kier alpha value is -1.67. The van der Waals surface area contributed by atoms with Gasteiger partial charge in [-0.25, -0.2) is 0 Å². The fraction of sp³-hybridized carbons (Fsp3) is 0.389. The van der Waals surface area contributed by atoms with E-state index in [2.05, 4.69) is 60.1 Å². The molecule has 1 aromatic heterocycles. The molecule has 105 valence electrons. The minimum absolute atomic E-state index is 0.529. The maximum absolute atomic E-state index is 4.29. The van der Waals surface area contributed by atoms with Gasteiger partial charge in [-0.1, -0.05) is 43.4 Å². The number of anilines is 2. The summed E-state index contributed by atoms with van der Waals surface area (Å²) < 4.78 is 0. The first-order valence-corrected chi connectivity index (χ1v) is 7.61. The lowest BCUT2D eigenvalue weighted by atomic mass is 10.0. The lowest BCUT2D eigenvalue weighted by molar-refractivity contribution is 0.433. The van der Waals surface area contributed by atoms with Gasteiger partial charge in [0.05, 0.1) is 6.20 Å². The van der Waals surface area contributed by atoms with Gasteiger partial charge in [-0.2, -0.15) is 0 Å². The number of unbranched alkanes of at least 4 members (excludes halogenated alkanes) is 1. The summed E-state index contributed by atoms with van der Waals surface area (Å²) >= 11 is 0. The number of rotatable bonds is 7. The molecule has 1 unspecified atom stereocenters. The lowest BCUT2D eigenvalue weighted by Crippen LogP contribution is -2.31. The van der Waals surface area contributed by atoms with E-state index in [1.807, 2.05) is 18.5 Å². The van der Waals surface area contributed by atoms with Gasteiger partial charge in [0, 0.05) is 37.2 Å². The molecule has 0 saturated heterocycles. The smallest absolute Gasteiger partial charge is 0.205 e. The maximum Gasteiger partial charge on any atom is 0.205 e. The van der Waals surface area contributed by atoms with Crippen molar-refractivity contribution in [3.8, 4) is 0 Å². The van der Waals surface area contributed by atoms with E-state index >= 15 is 0 Å². The van der Waals surface area contributed by atoms with Gasteiger partial charge in [0.1, 0.15) is 6.04 Å². The predicted molar refractivity (Wildman–Crippen MR) is 85.7 cm³/mol. The van der Waals surface area contributed by atoms with E-state index in [0.29, 0.717) is 6.04 Å². The highest BCUT2D eigenvalue weighted by molar-refractivity contribution is 5.52. The molecule has 20 heavy (non-hydrogen) atoms. The fourth-order valence-corrected chi connectivity index (χ4v) is 2.61. The third-order valence-corrected chi connectivity index (χ3v) is 3.69. The molecule has 0 spiro atoms. The van der Waals surface area contributed by atoms with Gasteiger partial charge in [0.25, 0.3) is 0 Å². The van der Waals surface area contributed by atoms with Crippen molar-refractivity contribution in [2.75, 3.05) is 0 Å². The molecule has 1 atom stereocenters. The first-order valence-electron chi connectivity index (χ1n) is 7.61. The summed E-state index contributed by atoms with van der Waals surface area (Å²) in [6, 6.07) is 15.3. The van der Waals surface area contributed by atoms with Crippen LogP contribution in [-0.4, -0.2) is 11.0 Å². The monoisotopic (exact) mass is 268 g/mol. The Morgan fingerprint density at radius 3 is 2.35 bits per heavy atom. The zero-order valence-electron chi connectivity index (χ0n) is 12.5. The largest absolute Gasteiger partial charge is 0.258 e. The lowest BCUT2D eigenvalue weighted by Gasteiger charge is -2.20. The van der Waals surface area contributed by atoms with Crippen LogP contribution < -0.4 is 4.90 Å². The summed E-state index contributed by atoms with van der Waals surface area (Å²) in [5.74, 6) is 0. The van der Waals surface area contributed by atoms with Gasteiger partial charge in [-0.05, 0) is 12.5 Å². The summed E-state index contributed by atoms with van der Waals surface area (Å²) in [5.41, 5.74) is 2.44. The normalized spacial score (nSPS) is 12.6. The van der Waals surface area contributed by atoms with Gasteiger partial charge in [-0.3, -0.25) is 4.98 Å². The molecule has 0 fully saturated rings. The molecule has 2 nitrogen and oxygen atoms in total. The van der Waals surface area contributed by atoms with Crippen LogP contribution in [0.4, 0.5) is 11.4 Å². The van der Waals surface area contributed by atoms with Crippen LogP contribution >= 0.6 is 0 Å². The first kappa shape index (κ1) is 14.7. The molecule has 0 saturated carbocycles. The van der Waals surface area contributed by atoms with E-state index < -0.39 is 0 Å². The Kier molecular flexibility index (Phi) is 5.75. The Morgan fingerprint density at radius 1 is 1.00 bits per heavy atom. The van der Waals surface area contributed by atoms with Gasteiger partial charge in [0.15, 0.2) is 5.69 Å². The summed E-state index contributed by atoms with van der Waals surface area (Å²) in [4.78, 5) is 6.72. The van der Waals surface area contributed by atoms with Crippen molar-refractivity contribution < 1.29 is 0 Å². The third kappa shape index (κ3) is 3.67. The van der Waals surface area contributed by atoms with Crippen LogP contribution in [-0.2, 0) is 0 Å². The maximum atomic E-state index is 4.29. The van der Waals surface area contributed by atoms with Crippen molar-refractivity contribution in [2.45, 2.75) is 45.6 Å². The number of pyridine rings is 1. The Bertz CT molecular complexity index is 442. The van der Waals surface area contributed by atoms with Crippen molar-refractivity contribution in [3.05, 3.63) is 54.9 Å². The van der Waals surface area contributed by atoms with Crippen LogP contribution in [0, 0.1) is 0 Å². The van der Waals surface area contributed by atoms with Crippen molar-refractivity contribution in [3.63, 3.8) is 0 Å². The Balaban J connectivity index is 2.33. The van der Waals surface area contributed by atoms with E-state index in [-0.39, 0.29) is 0 Å². The predicted octanol–water partition coefficient (Wildman–Crippen LogP) is 5.15. The highest BCUT2D eigenvalue weighted by atomic mass is 15.2. The standard InChI is InChI=1S/C18H24N2/c1-3-5-10-16(4-2)20(17-11-7-6-8-12-17)18-13-9-14-19-15-18/h6-9,11-16H,3-5,10H2,1-2H3/q+1. The molecule has 1 radical (unpaired) electrons. The van der Waals surface area contributed by atoms with Crippen LogP contribution in [0.1, 0.15) is 39.5 Å². The molecular weight excluding hydrogens is 244 g/mol. The van der Waals surface area contributed by atoms with Crippen LogP contribution in [0.25, 0.3) is 0 Å². The van der Waals surface area contributed by atoms with E-state index in [0.717, 1.165) is 6.42 Å². The highest BCUT2D eigenvalue weighted by Crippen LogP contribution is 2.29.